The van der Waals surface area contributed by atoms with Gasteiger partial charge in [0.1, 0.15) is 0 Å². The lowest BCUT2D eigenvalue weighted by Gasteiger charge is -2.05. The maximum absolute atomic E-state index is 3.56. The van der Waals surface area contributed by atoms with Crippen LogP contribution in [0.2, 0.25) is 0 Å². The first-order chi connectivity index (χ1) is 9.13. The van der Waals surface area contributed by atoms with Gasteiger partial charge in [0.25, 0.3) is 0 Å². The van der Waals surface area contributed by atoms with Gasteiger partial charge in [0, 0.05) is 30.7 Å². The highest BCUT2D eigenvalue weighted by molar-refractivity contribution is 9.11. The van der Waals surface area contributed by atoms with Gasteiger partial charge < -0.3 is 10.3 Å². The van der Waals surface area contributed by atoms with E-state index >= 15 is 0 Å². The first-order valence-electron chi connectivity index (χ1n) is 5.62. The normalized spacial score (nSPS) is 10.9. The monoisotopic (exact) mass is 442 g/mol. The molecular weight excluding hydrogens is 436 g/mol. The van der Waals surface area contributed by atoms with Crippen molar-refractivity contribution in [3.05, 3.63) is 56.0 Å². The number of benzene rings is 2. The molecule has 0 atom stereocenters. The Morgan fingerprint density at radius 1 is 0.895 bits per heavy atom. The van der Waals surface area contributed by atoms with Crippen LogP contribution in [0.1, 0.15) is 0 Å². The molecule has 5 heteroatoms. The molecule has 0 saturated heterocycles. The number of hydrogen-bond donors (Lipinski definition) is 2. The van der Waals surface area contributed by atoms with Crippen LogP contribution in [0, 0.1) is 0 Å². The molecule has 0 fully saturated rings. The summed E-state index contributed by atoms with van der Waals surface area (Å²) >= 11 is 10.5. The maximum Gasteiger partial charge on any atom is 0.0642 e. The molecule has 0 aliphatic carbocycles. The van der Waals surface area contributed by atoms with Crippen molar-refractivity contribution in [1.29, 1.82) is 0 Å². The number of fused-ring (bicyclic) bond motifs is 1. The van der Waals surface area contributed by atoms with Crippen LogP contribution in [-0.4, -0.2) is 4.98 Å². The van der Waals surface area contributed by atoms with Crippen LogP contribution in [0.5, 0.6) is 0 Å². The minimum atomic E-state index is 1.04. The van der Waals surface area contributed by atoms with E-state index in [4.69, 9.17) is 0 Å². The van der Waals surface area contributed by atoms with E-state index in [1.54, 1.807) is 0 Å². The van der Waals surface area contributed by atoms with Crippen molar-refractivity contribution in [2.45, 2.75) is 0 Å². The molecule has 1 heterocycles. The van der Waals surface area contributed by atoms with Gasteiger partial charge in [0.05, 0.1) is 11.2 Å². The molecule has 2 nitrogen and oxygen atoms in total. The van der Waals surface area contributed by atoms with E-state index in [1.807, 2.05) is 36.5 Å². The van der Waals surface area contributed by atoms with Crippen LogP contribution in [0.3, 0.4) is 0 Å². The summed E-state index contributed by atoms with van der Waals surface area (Å²) in [7, 11) is 0. The zero-order valence-electron chi connectivity index (χ0n) is 9.68. The minimum absolute atomic E-state index is 1.04. The first kappa shape index (κ1) is 13.2. The van der Waals surface area contributed by atoms with Crippen molar-refractivity contribution in [2.75, 3.05) is 5.32 Å². The van der Waals surface area contributed by atoms with E-state index < -0.39 is 0 Å². The summed E-state index contributed by atoms with van der Waals surface area (Å²) in [4.78, 5) is 3.28. The van der Waals surface area contributed by atoms with Crippen molar-refractivity contribution in [1.82, 2.24) is 4.98 Å². The molecule has 0 amide bonds. The Balaban J connectivity index is 2.03. The lowest BCUT2D eigenvalue weighted by molar-refractivity contribution is 1.45. The third kappa shape index (κ3) is 2.73. The number of rotatable bonds is 2. The molecule has 96 valence electrons. The molecule has 19 heavy (non-hydrogen) atoms. The molecule has 0 radical (unpaired) electrons. The zero-order chi connectivity index (χ0) is 13.4. The fraction of sp³-hybridized carbons (Fsp3) is 0. The molecule has 3 aromatic rings. The maximum atomic E-state index is 3.56. The molecule has 0 aliphatic heterocycles. The highest BCUT2D eigenvalue weighted by Gasteiger charge is 2.08. The Hall–Kier alpha value is -0.780. The van der Waals surface area contributed by atoms with E-state index in [2.05, 4.69) is 64.2 Å². The molecule has 1 aromatic heterocycles. The molecule has 2 aromatic carbocycles. The largest absolute Gasteiger partial charge is 0.358 e. The van der Waals surface area contributed by atoms with Gasteiger partial charge in [-0.25, -0.2) is 0 Å². The zero-order valence-corrected chi connectivity index (χ0v) is 14.4. The van der Waals surface area contributed by atoms with Gasteiger partial charge in [0.15, 0.2) is 0 Å². The second-order valence-electron chi connectivity index (χ2n) is 4.14. The van der Waals surface area contributed by atoms with E-state index in [-0.39, 0.29) is 0 Å². The van der Waals surface area contributed by atoms with Crippen LogP contribution in [0.25, 0.3) is 10.9 Å². The van der Waals surface area contributed by atoms with Crippen LogP contribution >= 0.6 is 47.8 Å². The third-order valence-electron chi connectivity index (χ3n) is 2.83. The third-order valence-corrected chi connectivity index (χ3v) is 4.44. The fourth-order valence-electron chi connectivity index (χ4n) is 1.95. The lowest BCUT2D eigenvalue weighted by atomic mass is 10.2. The van der Waals surface area contributed by atoms with Gasteiger partial charge in [0.2, 0.25) is 0 Å². The number of anilines is 2. The smallest absolute Gasteiger partial charge is 0.0642 e. The molecule has 0 unspecified atom stereocenters. The highest BCUT2D eigenvalue weighted by Crippen LogP contribution is 2.34. The van der Waals surface area contributed by atoms with Crippen molar-refractivity contribution in [3.8, 4) is 0 Å². The number of aromatic nitrogens is 1. The Bertz CT molecular complexity index is 732. The van der Waals surface area contributed by atoms with Crippen LogP contribution in [0.15, 0.2) is 56.0 Å². The Labute approximate surface area is 136 Å². The molecule has 0 spiro atoms. The van der Waals surface area contributed by atoms with E-state index in [0.717, 1.165) is 35.7 Å². The summed E-state index contributed by atoms with van der Waals surface area (Å²) in [6, 6.07) is 12.2. The van der Waals surface area contributed by atoms with Gasteiger partial charge in [-0.1, -0.05) is 31.9 Å². The van der Waals surface area contributed by atoms with Crippen LogP contribution in [0.4, 0.5) is 11.4 Å². The van der Waals surface area contributed by atoms with Crippen molar-refractivity contribution >= 4 is 70.1 Å². The molecule has 0 aliphatic rings. The predicted octanol–water partition coefficient (Wildman–Crippen LogP) is 6.20. The van der Waals surface area contributed by atoms with Gasteiger partial charge >= 0.3 is 0 Å². The van der Waals surface area contributed by atoms with Crippen LogP contribution < -0.4 is 5.32 Å². The van der Waals surface area contributed by atoms with Crippen LogP contribution in [-0.2, 0) is 0 Å². The average Bonchev–Trinajstić information content (AvgIpc) is 2.76. The lowest BCUT2D eigenvalue weighted by Crippen LogP contribution is -1.88. The second-order valence-corrected chi connectivity index (χ2v) is 6.83. The molecule has 0 bridgehead atoms. The topological polar surface area (TPSA) is 27.8 Å². The molecule has 3 rings (SSSR count). The molecular formula is C14H9Br3N2. The van der Waals surface area contributed by atoms with E-state index in [0.29, 0.717) is 0 Å². The van der Waals surface area contributed by atoms with Crippen molar-refractivity contribution in [2.24, 2.45) is 0 Å². The Kier molecular flexibility index (Phi) is 3.69. The summed E-state index contributed by atoms with van der Waals surface area (Å²) in [5, 5.41) is 4.56. The second kappa shape index (κ2) is 5.31. The van der Waals surface area contributed by atoms with Crippen molar-refractivity contribution in [3.63, 3.8) is 0 Å². The number of H-pyrrole nitrogens is 1. The number of halogens is 3. The average molecular weight is 445 g/mol. The predicted molar refractivity (Wildman–Crippen MR) is 91.1 cm³/mol. The van der Waals surface area contributed by atoms with E-state index in [1.165, 1.54) is 0 Å². The Morgan fingerprint density at radius 3 is 2.37 bits per heavy atom. The standard InChI is InChI=1S/C14H9Br3N2/c15-8-1-3-10(4-2-8)19-13-7-18-14-11(13)5-9(16)6-12(14)17/h1-7,18-19H. The first-order valence-corrected chi connectivity index (χ1v) is 8.00. The quantitative estimate of drug-likeness (QED) is 0.484. The highest BCUT2D eigenvalue weighted by atomic mass is 79.9. The summed E-state index contributed by atoms with van der Waals surface area (Å²) in [6.45, 7) is 0. The number of nitrogens with one attached hydrogen (secondary N) is 2. The van der Waals surface area contributed by atoms with Gasteiger partial charge in [-0.05, 0) is 52.3 Å². The fourth-order valence-corrected chi connectivity index (χ4v) is 3.55. The van der Waals surface area contributed by atoms with E-state index in [9.17, 15) is 0 Å². The summed E-state index contributed by atoms with van der Waals surface area (Å²) in [5.74, 6) is 0. The molecule has 2 N–H and O–H groups in total. The SMILES string of the molecule is Brc1ccc(Nc2c[nH]c3c(Br)cc(Br)cc23)cc1. The summed E-state index contributed by atoms with van der Waals surface area (Å²) < 4.78 is 3.16. The summed E-state index contributed by atoms with van der Waals surface area (Å²) in [5.41, 5.74) is 3.20. The Morgan fingerprint density at radius 2 is 1.63 bits per heavy atom. The number of hydrogen-bond acceptors (Lipinski definition) is 1. The molecule has 0 saturated carbocycles. The minimum Gasteiger partial charge on any atom is -0.358 e. The van der Waals surface area contributed by atoms with Gasteiger partial charge in [-0.15, -0.1) is 0 Å². The van der Waals surface area contributed by atoms with Crippen molar-refractivity contribution < 1.29 is 0 Å². The summed E-state index contributed by atoms with van der Waals surface area (Å²) in [6.07, 6.45) is 1.98. The van der Waals surface area contributed by atoms with Gasteiger partial charge in [-0.2, -0.15) is 0 Å². The number of aromatic amines is 1. The van der Waals surface area contributed by atoms with Gasteiger partial charge in [-0.3, -0.25) is 0 Å².